The molecular weight excluding hydrogens is 332 g/mol. The molecular formula is C15H18N4O4S. The van der Waals surface area contributed by atoms with E-state index < -0.39 is 12.0 Å². The van der Waals surface area contributed by atoms with Crippen molar-refractivity contribution in [2.75, 3.05) is 23.8 Å². The first kappa shape index (κ1) is 17.7. The third-order valence-corrected chi connectivity index (χ3v) is 3.85. The van der Waals surface area contributed by atoms with Gasteiger partial charge in [-0.3, -0.25) is 9.59 Å². The molecule has 0 saturated heterocycles. The highest BCUT2D eigenvalue weighted by Crippen LogP contribution is 2.28. The van der Waals surface area contributed by atoms with Crippen LogP contribution in [0.1, 0.15) is 20.3 Å². The zero-order valence-corrected chi connectivity index (χ0v) is 14.2. The van der Waals surface area contributed by atoms with Crippen molar-refractivity contribution in [2.45, 2.75) is 20.3 Å². The van der Waals surface area contributed by atoms with Crippen LogP contribution in [-0.2, 0) is 14.3 Å². The minimum atomic E-state index is -0.508. The molecule has 0 aliphatic rings. The number of anilines is 2. The molecule has 0 atom stereocenters. The third-order valence-electron chi connectivity index (χ3n) is 2.91. The second-order valence-corrected chi connectivity index (χ2v) is 5.75. The maximum absolute atomic E-state index is 11.7. The first-order chi connectivity index (χ1) is 11.5. The molecule has 1 aromatic carbocycles. The number of amides is 3. The number of urea groups is 1. The number of thiazole rings is 1. The zero-order chi connectivity index (χ0) is 17.5. The number of esters is 1. The van der Waals surface area contributed by atoms with Gasteiger partial charge in [-0.05, 0) is 25.1 Å². The largest absolute Gasteiger partial charge is 0.465 e. The average Bonchev–Trinajstić information content (AvgIpc) is 2.94. The number of nitrogens with zero attached hydrogens (tertiary/aromatic N) is 1. The van der Waals surface area contributed by atoms with Gasteiger partial charge in [-0.25, -0.2) is 9.78 Å². The van der Waals surface area contributed by atoms with Crippen molar-refractivity contribution in [1.82, 2.24) is 10.3 Å². The van der Waals surface area contributed by atoms with Crippen molar-refractivity contribution in [3.8, 4) is 0 Å². The standard InChI is InChI=1S/C15H18N4O4S/c1-3-12(20)19-15-18-10-6-5-9(7-11(10)24-15)17-14(22)16-8-13(21)23-4-2/h5-7H,3-4,8H2,1-2H3,(H2,16,17,22)(H,18,19,20). The molecule has 2 rings (SSSR count). The molecule has 3 N–H and O–H groups in total. The minimum absolute atomic E-state index is 0.106. The van der Waals surface area contributed by atoms with Gasteiger partial charge in [-0.15, -0.1) is 0 Å². The molecule has 0 spiro atoms. The monoisotopic (exact) mass is 350 g/mol. The van der Waals surface area contributed by atoms with Crippen LogP contribution in [0.2, 0.25) is 0 Å². The predicted molar refractivity (Wildman–Crippen MR) is 92.2 cm³/mol. The van der Waals surface area contributed by atoms with Gasteiger partial charge in [0.1, 0.15) is 6.54 Å². The number of carbonyl (C=O) groups excluding carboxylic acids is 3. The summed E-state index contributed by atoms with van der Waals surface area (Å²) >= 11 is 1.32. The number of ether oxygens (including phenoxy) is 1. The van der Waals surface area contributed by atoms with Crippen LogP contribution in [0, 0.1) is 0 Å². The van der Waals surface area contributed by atoms with Crippen LogP contribution >= 0.6 is 11.3 Å². The number of fused-ring (bicyclic) bond motifs is 1. The van der Waals surface area contributed by atoms with Crippen LogP contribution in [0.3, 0.4) is 0 Å². The van der Waals surface area contributed by atoms with E-state index in [1.165, 1.54) is 11.3 Å². The molecule has 9 heteroatoms. The predicted octanol–water partition coefficient (Wildman–Crippen LogP) is 2.33. The fourth-order valence-corrected chi connectivity index (χ4v) is 2.72. The third kappa shape index (κ3) is 4.92. The van der Waals surface area contributed by atoms with Crippen molar-refractivity contribution >= 4 is 50.3 Å². The van der Waals surface area contributed by atoms with Gasteiger partial charge in [-0.1, -0.05) is 18.3 Å². The quantitative estimate of drug-likeness (QED) is 0.693. The Kier molecular flexibility index (Phi) is 6.07. The molecule has 3 amide bonds. The molecule has 0 aliphatic heterocycles. The van der Waals surface area contributed by atoms with E-state index in [4.69, 9.17) is 4.74 Å². The number of rotatable bonds is 6. The SMILES string of the molecule is CCOC(=O)CNC(=O)Nc1ccc2nc(NC(=O)CC)sc2c1. The van der Waals surface area contributed by atoms with Crippen LogP contribution < -0.4 is 16.0 Å². The molecule has 0 unspecified atom stereocenters. The van der Waals surface area contributed by atoms with E-state index in [0.29, 0.717) is 17.2 Å². The summed E-state index contributed by atoms with van der Waals surface area (Å²) in [6.07, 6.45) is 0.378. The van der Waals surface area contributed by atoms with E-state index in [1.807, 2.05) is 0 Å². The summed E-state index contributed by atoms with van der Waals surface area (Å²) in [7, 11) is 0. The van der Waals surface area contributed by atoms with Gasteiger partial charge in [-0.2, -0.15) is 0 Å². The number of nitrogens with one attached hydrogen (secondary N) is 3. The molecule has 0 radical (unpaired) electrons. The van der Waals surface area contributed by atoms with E-state index in [0.717, 1.165) is 10.2 Å². The zero-order valence-electron chi connectivity index (χ0n) is 13.3. The summed E-state index contributed by atoms with van der Waals surface area (Å²) in [6.45, 7) is 3.52. The first-order valence-electron chi connectivity index (χ1n) is 7.42. The van der Waals surface area contributed by atoms with Crippen molar-refractivity contribution in [2.24, 2.45) is 0 Å². The Balaban J connectivity index is 1.98. The molecule has 128 valence electrons. The molecule has 24 heavy (non-hydrogen) atoms. The van der Waals surface area contributed by atoms with Crippen molar-refractivity contribution in [1.29, 1.82) is 0 Å². The van der Waals surface area contributed by atoms with E-state index in [9.17, 15) is 14.4 Å². The first-order valence-corrected chi connectivity index (χ1v) is 8.24. The van der Waals surface area contributed by atoms with Crippen LogP contribution in [-0.4, -0.2) is 36.0 Å². The maximum Gasteiger partial charge on any atom is 0.325 e. The summed E-state index contributed by atoms with van der Waals surface area (Å²) in [6, 6.07) is 4.68. The Hall–Kier alpha value is -2.68. The number of hydrogen-bond donors (Lipinski definition) is 3. The van der Waals surface area contributed by atoms with Crippen LogP contribution in [0.5, 0.6) is 0 Å². The number of aromatic nitrogens is 1. The van der Waals surface area contributed by atoms with Gasteiger partial charge < -0.3 is 20.7 Å². The topological polar surface area (TPSA) is 109 Å². The highest BCUT2D eigenvalue weighted by atomic mass is 32.1. The summed E-state index contributed by atoms with van der Waals surface area (Å²) in [5.74, 6) is -0.604. The summed E-state index contributed by atoms with van der Waals surface area (Å²) in [5, 5.41) is 8.25. The van der Waals surface area contributed by atoms with Crippen LogP contribution in [0.4, 0.5) is 15.6 Å². The van der Waals surface area contributed by atoms with Crippen LogP contribution in [0.15, 0.2) is 18.2 Å². The molecule has 1 aromatic heterocycles. The van der Waals surface area contributed by atoms with Gasteiger partial charge in [0.2, 0.25) is 5.91 Å². The lowest BCUT2D eigenvalue weighted by molar-refractivity contribution is -0.141. The van der Waals surface area contributed by atoms with Crippen molar-refractivity contribution in [3.63, 3.8) is 0 Å². The average molecular weight is 350 g/mol. The Morgan fingerprint density at radius 1 is 1.21 bits per heavy atom. The fraction of sp³-hybridized carbons (Fsp3) is 0.333. The fourth-order valence-electron chi connectivity index (χ4n) is 1.80. The van der Waals surface area contributed by atoms with Gasteiger partial charge in [0.15, 0.2) is 5.13 Å². The molecule has 0 bridgehead atoms. The summed E-state index contributed by atoms with van der Waals surface area (Å²) in [4.78, 5) is 38.6. The summed E-state index contributed by atoms with van der Waals surface area (Å²) < 4.78 is 5.54. The lowest BCUT2D eigenvalue weighted by Gasteiger charge is -2.07. The van der Waals surface area contributed by atoms with Gasteiger partial charge in [0, 0.05) is 12.1 Å². The maximum atomic E-state index is 11.7. The van der Waals surface area contributed by atoms with E-state index in [-0.39, 0.29) is 19.1 Å². The van der Waals surface area contributed by atoms with Crippen molar-refractivity contribution in [3.05, 3.63) is 18.2 Å². The Morgan fingerprint density at radius 3 is 2.71 bits per heavy atom. The van der Waals surface area contributed by atoms with E-state index in [1.54, 1.807) is 32.0 Å². The molecule has 0 aliphatic carbocycles. The van der Waals surface area contributed by atoms with Crippen LogP contribution in [0.25, 0.3) is 10.2 Å². The lowest BCUT2D eigenvalue weighted by atomic mass is 10.3. The highest BCUT2D eigenvalue weighted by molar-refractivity contribution is 7.22. The van der Waals surface area contributed by atoms with Gasteiger partial charge >= 0.3 is 12.0 Å². The molecule has 0 fully saturated rings. The Morgan fingerprint density at radius 2 is 2.00 bits per heavy atom. The van der Waals surface area contributed by atoms with E-state index >= 15 is 0 Å². The van der Waals surface area contributed by atoms with Gasteiger partial charge in [0.25, 0.3) is 0 Å². The number of benzene rings is 1. The Labute approximate surface area is 142 Å². The second-order valence-electron chi connectivity index (χ2n) is 4.72. The Bertz CT molecular complexity index is 759. The van der Waals surface area contributed by atoms with Gasteiger partial charge in [0.05, 0.1) is 16.8 Å². The smallest absolute Gasteiger partial charge is 0.325 e. The second kappa shape index (κ2) is 8.25. The van der Waals surface area contributed by atoms with E-state index in [2.05, 4.69) is 20.9 Å². The molecule has 8 nitrogen and oxygen atoms in total. The summed E-state index contributed by atoms with van der Waals surface area (Å²) in [5.41, 5.74) is 1.28. The minimum Gasteiger partial charge on any atom is -0.465 e. The normalized spacial score (nSPS) is 10.2. The number of carbonyl (C=O) groups is 3. The molecule has 0 saturated carbocycles. The van der Waals surface area contributed by atoms with Crippen molar-refractivity contribution < 1.29 is 19.1 Å². The highest BCUT2D eigenvalue weighted by Gasteiger charge is 2.09. The molecule has 2 aromatic rings. The number of hydrogen-bond acceptors (Lipinski definition) is 6. The molecule has 1 heterocycles. The lowest BCUT2D eigenvalue weighted by Crippen LogP contribution is -2.34.